The molecular formula is C13H18FNO3S. The minimum atomic E-state index is -0.613. The molecule has 0 aromatic heterocycles. The molecular weight excluding hydrogens is 269 g/mol. The highest BCUT2D eigenvalue weighted by molar-refractivity contribution is 7.98. The average molecular weight is 287 g/mol. The zero-order valence-corrected chi connectivity index (χ0v) is 11.8. The number of carbonyl (C=O) groups is 1. The fourth-order valence-electron chi connectivity index (χ4n) is 1.43. The molecule has 0 aliphatic carbocycles. The SMILES string of the molecule is COC(=O)C(N)CCSCc1ccc(OC)cc1F. The fraction of sp³-hybridized carbons (Fsp3) is 0.462. The Bertz CT molecular complexity index is 428. The zero-order valence-electron chi connectivity index (χ0n) is 11.0. The average Bonchev–Trinajstić information content (AvgIpc) is 2.43. The Morgan fingerprint density at radius 1 is 1.47 bits per heavy atom. The Morgan fingerprint density at radius 2 is 2.21 bits per heavy atom. The second-order valence-electron chi connectivity index (χ2n) is 3.93. The molecule has 1 aromatic rings. The number of esters is 1. The van der Waals surface area contributed by atoms with E-state index in [-0.39, 0.29) is 5.82 Å². The van der Waals surface area contributed by atoms with Crippen molar-refractivity contribution < 1.29 is 18.7 Å². The summed E-state index contributed by atoms with van der Waals surface area (Å²) < 4.78 is 23.1. The van der Waals surface area contributed by atoms with Gasteiger partial charge in [0.1, 0.15) is 17.6 Å². The van der Waals surface area contributed by atoms with E-state index in [0.29, 0.717) is 29.2 Å². The molecule has 0 aliphatic heterocycles. The molecule has 1 aromatic carbocycles. The van der Waals surface area contributed by atoms with E-state index in [9.17, 15) is 9.18 Å². The summed E-state index contributed by atoms with van der Waals surface area (Å²) in [6.07, 6.45) is 0.509. The first-order valence-corrected chi connectivity index (χ1v) is 6.97. The Labute approximate surface area is 116 Å². The van der Waals surface area contributed by atoms with E-state index in [4.69, 9.17) is 10.5 Å². The quantitative estimate of drug-likeness (QED) is 0.613. The third-order valence-electron chi connectivity index (χ3n) is 2.59. The van der Waals surface area contributed by atoms with Crippen LogP contribution in [0.5, 0.6) is 5.75 Å². The summed E-state index contributed by atoms with van der Waals surface area (Å²) in [5, 5.41) is 0. The van der Waals surface area contributed by atoms with Crippen LogP contribution in [0.15, 0.2) is 18.2 Å². The monoisotopic (exact) mass is 287 g/mol. The number of hydrogen-bond acceptors (Lipinski definition) is 5. The maximum absolute atomic E-state index is 13.6. The second-order valence-corrected chi connectivity index (χ2v) is 5.03. The van der Waals surface area contributed by atoms with Crippen molar-refractivity contribution in [2.45, 2.75) is 18.2 Å². The predicted octanol–water partition coefficient (Wildman–Crippen LogP) is 1.96. The Balaban J connectivity index is 2.35. The van der Waals surface area contributed by atoms with Crippen LogP contribution in [0.3, 0.4) is 0 Å². The third-order valence-corrected chi connectivity index (χ3v) is 3.63. The van der Waals surface area contributed by atoms with Gasteiger partial charge in [-0.15, -0.1) is 0 Å². The number of ether oxygens (including phenoxy) is 2. The lowest BCUT2D eigenvalue weighted by Gasteiger charge is -2.09. The number of methoxy groups -OCH3 is 2. The minimum absolute atomic E-state index is 0.288. The molecule has 106 valence electrons. The Hall–Kier alpha value is -1.27. The molecule has 1 unspecified atom stereocenters. The van der Waals surface area contributed by atoms with Crippen LogP contribution in [0.25, 0.3) is 0 Å². The molecule has 0 fully saturated rings. The van der Waals surface area contributed by atoms with Gasteiger partial charge >= 0.3 is 5.97 Å². The molecule has 0 spiro atoms. The van der Waals surface area contributed by atoms with Gasteiger partial charge in [0, 0.05) is 11.8 Å². The molecule has 0 bridgehead atoms. The van der Waals surface area contributed by atoms with E-state index in [2.05, 4.69) is 4.74 Å². The molecule has 1 rings (SSSR count). The van der Waals surface area contributed by atoms with Gasteiger partial charge in [-0.3, -0.25) is 4.79 Å². The number of carbonyl (C=O) groups excluding carboxylic acids is 1. The van der Waals surface area contributed by atoms with Gasteiger partial charge in [0.25, 0.3) is 0 Å². The van der Waals surface area contributed by atoms with E-state index in [1.165, 1.54) is 32.0 Å². The van der Waals surface area contributed by atoms with Gasteiger partial charge < -0.3 is 15.2 Å². The van der Waals surface area contributed by atoms with Crippen molar-refractivity contribution in [2.24, 2.45) is 5.73 Å². The van der Waals surface area contributed by atoms with Crippen molar-refractivity contribution >= 4 is 17.7 Å². The number of rotatable bonds is 7. The summed E-state index contributed by atoms with van der Waals surface area (Å²) in [6.45, 7) is 0. The largest absolute Gasteiger partial charge is 0.497 e. The summed E-state index contributed by atoms with van der Waals surface area (Å²) in [7, 11) is 2.81. The van der Waals surface area contributed by atoms with Crippen LogP contribution in [0.4, 0.5) is 4.39 Å². The van der Waals surface area contributed by atoms with Gasteiger partial charge in [0.15, 0.2) is 0 Å². The lowest BCUT2D eigenvalue weighted by molar-refractivity contribution is -0.142. The summed E-state index contributed by atoms with van der Waals surface area (Å²) in [5.74, 6) is 0.991. The highest BCUT2D eigenvalue weighted by Gasteiger charge is 2.13. The fourth-order valence-corrected chi connectivity index (χ4v) is 2.45. The van der Waals surface area contributed by atoms with Crippen molar-refractivity contribution in [1.29, 1.82) is 0 Å². The van der Waals surface area contributed by atoms with Crippen molar-refractivity contribution in [1.82, 2.24) is 0 Å². The van der Waals surface area contributed by atoms with Gasteiger partial charge in [-0.1, -0.05) is 6.07 Å². The van der Waals surface area contributed by atoms with Crippen molar-refractivity contribution in [3.05, 3.63) is 29.6 Å². The lowest BCUT2D eigenvalue weighted by Crippen LogP contribution is -2.31. The van der Waals surface area contributed by atoms with Crippen LogP contribution in [0, 0.1) is 5.82 Å². The van der Waals surface area contributed by atoms with Gasteiger partial charge in [-0.25, -0.2) is 4.39 Å². The van der Waals surface area contributed by atoms with Crippen LogP contribution in [-0.4, -0.2) is 32.0 Å². The van der Waals surface area contributed by atoms with E-state index < -0.39 is 12.0 Å². The summed E-state index contributed by atoms with van der Waals surface area (Å²) in [4.78, 5) is 11.1. The molecule has 0 amide bonds. The first-order valence-electron chi connectivity index (χ1n) is 5.82. The van der Waals surface area contributed by atoms with Gasteiger partial charge in [0.05, 0.1) is 14.2 Å². The molecule has 2 N–H and O–H groups in total. The molecule has 4 nitrogen and oxygen atoms in total. The third kappa shape index (κ3) is 5.08. The number of halogens is 1. The van der Waals surface area contributed by atoms with E-state index in [1.54, 1.807) is 12.1 Å². The first kappa shape index (κ1) is 15.8. The topological polar surface area (TPSA) is 61.5 Å². The summed E-state index contributed by atoms with van der Waals surface area (Å²) >= 11 is 1.52. The zero-order chi connectivity index (χ0) is 14.3. The first-order chi connectivity index (χ1) is 9.08. The summed E-state index contributed by atoms with van der Waals surface area (Å²) in [6, 6.07) is 4.16. The number of thioether (sulfide) groups is 1. The van der Waals surface area contributed by atoms with Crippen LogP contribution in [0.1, 0.15) is 12.0 Å². The van der Waals surface area contributed by atoms with E-state index in [0.717, 1.165) is 0 Å². The maximum atomic E-state index is 13.6. The smallest absolute Gasteiger partial charge is 0.322 e. The van der Waals surface area contributed by atoms with Gasteiger partial charge in [0.2, 0.25) is 0 Å². The van der Waals surface area contributed by atoms with Crippen LogP contribution >= 0.6 is 11.8 Å². The second kappa shape index (κ2) is 8.01. The molecule has 6 heteroatoms. The molecule has 1 atom stereocenters. The molecule has 0 radical (unpaired) electrons. The van der Waals surface area contributed by atoms with E-state index >= 15 is 0 Å². The van der Waals surface area contributed by atoms with Crippen LogP contribution in [-0.2, 0) is 15.3 Å². The number of nitrogens with two attached hydrogens (primary N) is 1. The van der Waals surface area contributed by atoms with Crippen LogP contribution in [0.2, 0.25) is 0 Å². The predicted molar refractivity (Wildman–Crippen MR) is 73.7 cm³/mol. The highest BCUT2D eigenvalue weighted by atomic mass is 32.2. The van der Waals surface area contributed by atoms with Gasteiger partial charge in [-0.2, -0.15) is 11.8 Å². The standard InChI is InChI=1S/C13H18FNO3S/c1-17-10-4-3-9(11(14)7-10)8-19-6-5-12(15)13(16)18-2/h3-4,7,12H,5-6,8,15H2,1-2H3. The van der Waals surface area contributed by atoms with Crippen LogP contribution < -0.4 is 10.5 Å². The minimum Gasteiger partial charge on any atom is -0.497 e. The Kier molecular flexibility index (Phi) is 6.66. The number of benzene rings is 1. The Morgan fingerprint density at radius 3 is 2.79 bits per heavy atom. The van der Waals surface area contributed by atoms with Crippen molar-refractivity contribution in [2.75, 3.05) is 20.0 Å². The van der Waals surface area contributed by atoms with Crippen molar-refractivity contribution in [3.8, 4) is 5.75 Å². The lowest BCUT2D eigenvalue weighted by atomic mass is 10.2. The maximum Gasteiger partial charge on any atom is 0.322 e. The molecule has 0 saturated carbocycles. The molecule has 0 heterocycles. The molecule has 0 saturated heterocycles. The number of hydrogen-bond donors (Lipinski definition) is 1. The highest BCUT2D eigenvalue weighted by Crippen LogP contribution is 2.21. The molecule has 0 aliphatic rings. The molecule has 19 heavy (non-hydrogen) atoms. The normalized spacial score (nSPS) is 12.0. The van der Waals surface area contributed by atoms with Gasteiger partial charge in [-0.05, 0) is 23.8 Å². The van der Waals surface area contributed by atoms with Crippen molar-refractivity contribution in [3.63, 3.8) is 0 Å². The van der Waals surface area contributed by atoms with E-state index in [1.807, 2.05) is 0 Å². The summed E-state index contributed by atoms with van der Waals surface area (Å²) in [5.41, 5.74) is 6.21.